The maximum Gasteiger partial charge on any atom is 0.273 e. The van der Waals surface area contributed by atoms with Crippen LogP contribution in [0.15, 0.2) is 12.4 Å². The van der Waals surface area contributed by atoms with Gasteiger partial charge in [-0.2, -0.15) is 0 Å². The molecule has 1 fully saturated rings. The Bertz CT molecular complexity index is 426. The zero-order valence-corrected chi connectivity index (χ0v) is 10.5. The highest BCUT2D eigenvalue weighted by atomic mass is 16.3. The van der Waals surface area contributed by atoms with Gasteiger partial charge in [-0.25, -0.2) is 9.97 Å². The number of amides is 1. The Kier molecular flexibility index (Phi) is 3.47. The third kappa shape index (κ3) is 2.76. The molecular weight excluding hydrogens is 232 g/mol. The number of rotatable bonds is 3. The highest BCUT2D eigenvalue weighted by Crippen LogP contribution is 2.30. The Morgan fingerprint density at radius 2 is 2.11 bits per heavy atom. The number of hydrogen-bond donors (Lipinski definition) is 2. The summed E-state index contributed by atoms with van der Waals surface area (Å²) in [5, 5.41) is 10.3. The molecule has 0 atom stereocenters. The molecule has 0 spiro atoms. The van der Waals surface area contributed by atoms with Crippen LogP contribution in [-0.4, -0.2) is 45.1 Å². The van der Waals surface area contributed by atoms with Crippen LogP contribution in [0.5, 0.6) is 0 Å². The summed E-state index contributed by atoms with van der Waals surface area (Å²) in [5.74, 6) is 0.0337. The van der Waals surface area contributed by atoms with Crippen molar-refractivity contribution in [2.45, 2.75) is 31.3 Å². The van der Waals surface area contributed by atoms with Crippen molar-refractivity contribution in [3.05, 3.63) is 18.1 Å². The molecular formula is C12H18N4O2. The molecule has 6 heteroatoms. The highest BCUT2D eigenvalue weighted by molar-refractivity contribution is 5.91. The van der Waals surface area contributed by atoms with Gasteiger partial charge in [-0.05, 0) is 12.8 Å². The van der Waals surface area contributed by atoms with Crippen molar-refractivity contribution in [3.63, 3.8) is 0 Å². The minimum atomic E-state index is -0.744. The van der Waals surface area contributed by atoms with Crippen LogP contribution in [0.25, 0.3) is 0 Å². The van der Waals surface area contributed by atoms with Crippen LogP contribution in [-0.2, 0) is 0 Å². The summed E-state index contributed by atoms with van der Waals surface area (Å²) < 4.78 is 0. The molecule has 0 aliphatic heterocycles. The van der Waals surface area contributed by atoms with Gasteiger partial charge in [0, 0.05) is 13.6 Å². The molecule has 1 heterocycles. The predicted molar refractivity (Wildman–Crippen MR) is 66.8 cm³/mol. The molecule has 98 valence electrons. The Morgan fingerprint density at radius 1 is 1.44 bits per heavy atom. The fourth-order valence-electron chi connectivity index (χ4n) is 2.35. The van der Waals surface area contributed by atoms with E-state index in [0.717, 1.165) is 25.7 Å². The van der Waals surface area contributed by atoms with E-state index >= 15 is 0 Å². The Hall–Kier alpha value is -1.69. The van der Waals surface area contributed by atoms with Gasteiger partial charge in [0.15, 0.2) is 0 Å². The van der Waals surface area contributed by atoms with Gasteiger partial charge < -0.3 is 15.7 Å². The van der Waals surface area contributed by atoms with Crippen LogP contribution in [0.4, 0.5) is 5.82 Å². The van der Waals surface area contributed by atoms with E-state index in [1.54, 1.807) is 7.05 Å². The number of hydrogen-bond acceptors (Lipinski definition) is 5. The molecule has 1 amide bonds. The van der Waals surface area contributed by atoms with Crippen LogP contribution < -0.4 is 5.73 Å². The van der Waals surface area contributed by atoms with Crippen LogP contribution in [0, 0.1) is 0 Å². The molecule has 1 aliphatic carbocycles. The van der Waals surface area contributed by atoms with E-state index < -0.39 is 5.60 Å². The second kappa shape index (κ2) is 4.89. The number of likely N-dealkylation sites (N-methyl/N-ethyl adjacent to an activating group) is 1. The zero-order valence-electron chi connectivity index (χ0n) is 10.5. The van der Waals surface area contributed by atoms with E-state index in [1.807, 2.05) is 0 Å². The molecule has 0 bridgehead atoms. The van der Waals surface area contributed by atoms with Crippen molar-refractivity contribution < 1.29 is 9.90 Å². The van der Waals surface area contributed by atoms with Crippen LogP contribution in [0.2, 0.25) is 0 Å². The van der Waals surface area contributed by atoms with E-state index in [2.05, 4.69) is 9.97 Å². The molecule has 0 aromatic carbocycles. The molecule has 6 nitrogen and oxygen atoms in total. The normalized spacial score (nSPS) is 17.7. The van der Waals surface area contributed by atoms with Crippen molar-refractivity contribution >= 4 is 11.7 Å². The summed E-state index contributed by atoms with van der Waals surface area (Å²) in [6, 6.07) is 0. The molecule has 3 N–H and O–H groups in total. The molecule has 18 heavy (non-hydrogen) atoms. The summed E-state index contributed by atoms with van der Waals surface area (Å²) in [6.45, 7) is 0.331. The van der Waals surface area contributed by atoms with Gasteiger partial charge >= 0.3 is 0 Å². The smallest absolute Gasteiger partial charge is 0.273 e. The number of anilines is 1. The lowest BCUT2D eigenvalue weighted by Gasteiger charge is -2.28. The number of carbonyl (C=O) groups is 1. The number of aliphatic hydroxyl groups is 1. The first-order valence-corrected chi connectivity index (χ1v) is 6.06. The van der Waals surface area contributed by atoms with Crippen molar-refractivity contribution in [1.29, 1.82) is 0 Å². The Balaban J connectivity index is 2.02. The summed E-state index contributed by atoms with van der Waals surface area (Å²) in [5.41, 5.74) is 4.92. The minimum Gasteiger partial charge on any atom is -0.388 e. The van der Waals surface area contributed by atoms with E-state index in [-0.39, 0.29) is 17.4 Å². The van der Waals surface area contributed by atoms with Crippen molar-refractivity contribution in [3.8, 4) is 0 Å². The number of carbonyl (C=O) groups excluding carboxylic acids is 1. The molecule has 0 unspecified atom stereocenters. The average Bonchev–Trinajstić information content (AvgIpc) is 2.76. The van der Waals surface area contributed by atoms with Crippen LogP contribution in [0.1, 0.15) is 36.2 Å². The van der Waals surface area contributed by atoms with Gasteiger partial charge in [-0.1, -0.05) is 12.8 Å². The van der Waals surface area contributed by atoms with Gasteiger partial charge in [0.05, 0.1) is 18.0 Å². The highest BCUT2D eigenvalue weighted by Gasteiger charge is 2.33. The third-order valence-electron chi connectivity index (χ3n) is 3.30. The minimum absolute atomic E-state index is 0.244. The average molecular weight is 250 g/mol. The lowest BCUT2D eigenvalue weighted by atomic mass is 10.0. The monoisotopic (exact) mass is 250 g/mol. The summed E-state index contributed by atoms with van der Waals surface area (Å²) in [4.78, 5) is 21.3. The number of aromatic nitrogens is 2. The van der Waals surface area contributed by atoms with Gasteiger partial charge in [0.2, 0.25) is 0 Å². The zero-order chi connectivity index (χ0) is 13.2. The van der Waals surface area contributed by atoms with Crippen molar-refractivity contribution in [2.24, 2.45) is 0 Å². The quantitative estimate of drug-likeness (QED) is 0.811. The summed E-state index contributed by atoms with van der Waals surface area (Å²) in [6.07, 6.45) is 6.23. The molecule has 1 aliphatic rings. The number of nitrogen functional groups attached to an aromatic ring is 1. The Morgan fingerprint density at radius 3 is 2.67 bits per heavy atom. The standard InChI is InChI=1S/C12H18N4O2/c1-16(8-12(18)4-2-3-5-12)11(17)9-6-15-10(13)7-14-9/h6-7,18H,2-5,8H2,1H3,(H2,13,15). The van der Waals surface area contributed by atoms with E-state index in [4.69, 9.17) is 5.73 Å². The van der Waals surface area contributed by atoms with Gasteiger partial charge in [0.1, 0.15) is 11.5 Å². The Labute approximate surface area is 106 Å². The first-order valence-electron chi connectivity index (χ1n) is 6.06. The van der Waals surface area contributed by atoms with Crippen LogP contribution >= 0.6 is 0 Å². The molecule has 1 aromatic rings. The first-order chi connectivity index (χ1) is 8.50. The largest absolute Gasteiger partial charge is 0.388 e. The predicted octanol–water partition coefficient (Wildman–Crippen LogP) is 0.436. The summed E-state index contributed by atoms with van der Waals surface area (Å²) >= 11 is 0. The van der Waals surface area contributed by atoms with E-state index in [9.17, 15) is 9.90 Å². The van der Waals surface area contributed by atoms with Crippen molar-refractivity contribution in [1.82, 2.24) is 14.9 Å². The van der Waals surface area contributed by atoms with E-state index in [1.165, 1.54) is 17.3 Å². The first kappa shape index (κ1) is 12.8. The molecule has 1 saturated carbocycles. The molecule has 0 radical (unpaired) electrons. The maximum absolute atomic E-state index is 12.1. The van der Waals surface area contributed by atoms with Crippen molar-refractivity contribution in [2.75, 3.05) is 19.3 Å². The maximum atomic E-state index is 12.1. The van der Waals surface area contributed by atoms with Crippen LogP contribution in [0.3, 0.4) is 0 Å². The fraction of sp³-hybridized carbons (Fsp3) is 0.583. The second-order valence-corrected chi connectivity index (χ2v) is 4.92. The SMILES string of the molecule is CN(CC1(O)CCCC1)C(=O)c1cnc(N)cn1. The number of nitrogens with two attached hydrogens (primary N) is 1. The van der Waals surface area contributed by atoms with Gasteiger partial charge in [0.25, 0.3) is 5.91 Å². The lowest BCUT2D eigenvalue weighted by Crippen LogP contribution is -2.42. The number of nitrogens with zero attached hydrogens (tertiary/aromatic N) is 3. The topological polar surface area (TPSA) is 92.3 Å². The lowest BCUT2D eigenvalue weighted by molar-refractivity contribution is 0.0154. The second-order valence-electron chi connectivity index (χ2n) is 4.92. The van der Waals surface area contributed by atoms with Gasteiger partial charge in [-0.3, -0.25) is 4.79 Å². The fourth-order valence-corrected chi connectivity index (χ4v) is 2.35. The molecule has 2 rings (SSSR count). The summed E-state index contributed by atoms with van der Waals surface area (Å²) in [7, 11) is 1.66. The van der Waals surface area contributed by atoms with E-state index in [0.29, 0.717) is 6.54 Å². The van der Waals surface area contributed by atoms with Gasteiger partial charge in [-0.15, -0.1) is 0 Å². The third-order valence-corrected chi connectivity index (χ3v) is 3.30. The molecule has 1 aromatic heterocycles. The molecule has 0 saturated heterocycles.